The number of rotatable bonds is 5. The number of hydrogen-bond acceptors (Lipinski definition) is 3. The predicted molar refractivity (Wildman–Crippen MR) is 105 cm³/mol. The van der Waals surface area contributed by atoms with Crippen molar-refractivity contribution >= 4 is 38.7 Å². The molecule has 0 unspecified atom stereocenters. The molecule has 1 saturated carbocycles. The molecule has 0 radical (unpaired) electrons. The quantitative estimate of drug-likeness (QED) is 0.673. The highest BCUT2D eigenvalue weighted by molar-refractivity contribution is 7.93. The molecule has 1 fully saturated rings. The molecule has 2 N–H and O–H groups in total. The molecule has 4 nitrogen and oxygen atoms in total. The van der Waals surface area contributed by atoms with Crippen LogP contribution in [-0.4, -0.2) is 13.7 Å². The summed E-state index contributed by atoms with van der Waals surface area (Å²) < 4.78 is 54.9. The Morgan fingerprint density at radius 3 is 2.26 bits per heavy atom. The minimum Gasteiger partial charge on any atom is -0.350 e. The Hall–Kier alpha value is -1.86. The van der Waals surface area contributed by atoms with Crippen LogP contribution in [0.2, 0.25) is 5.02 Å². The van der Waals surface area contributed by atoms with Crippen LogP contribution in [0.4, 0.5) is 25.8 Å². The van der Waals surface area contributed by atoms with Crippen LogP contribution in [0.3, 0.4) is 0 Å². The fraction of sp³-hybridized carbons (Fsp3) is 0.368. The highest BCUT2D eigenvalue weighted by atomic mass is 35.5. The van der Waals surface area contributed by atoms with Gasteiger partial charge in [-0.2, -0.15) is 0 Å². The SMILES string of the molecule is CC(C)(C)c1ccc(Nc2c(NS(=O)(=O)C3CC3)ccc(F)c2F)c(Cl)c1. The zero-order valence-electron chi connectivity index (χ0n) is 15.2. The third-order valence-corrected chi connectivity index (χ3v) is 6.57. The summed E-state index contributed by atoms with van der Waals surface area (Å²) in [6.45, 7) is 6.09. The second-order valence-corrected chi connectivity index (χ2v) is 10.1. The van der Waals surface area contributed by atoms with E-state index in [9.17, 15) is 17.2 Å². The predicted octanol–water partition coefficient (Wildman–Crippen LogP) is 5.56. The Morgan fingerprint density at radius 1 is 1.07 bits per heavy atom. The maximum atomic E-state index is 14.4. The van der Waals surface area contributed by atoms with Crippen molar-refractivity contribution in [1.82, 2.24) is 0 Å². The van der Waals surface area contributed by atoms with Crippen molar-refractivity contribution in [2.24, 2.45) is 0 Å². The molecule has 1 aliphatic rings. The van der Waals surface area contributed by atoms with E-state index in [4.69, 9.17) is 11.6 Å². The molecule has 0 atom stereocenters. The molecule has 0 heterocycles. The van der Waals surface area contributed by atoms with Gasteiger partial charge in [0.15, 0.2) is 11.6 Å². The summed E-state index contributed by atoms with van der Waals surface area (Å²) in [6.07, 6.45) is 1.11. The van der Waals surface area contributed by atoms with Crippen LogP contribution in [0.25, 0.3) is 0 Å². The standard InChI is InChI=1S/C19H21ClF2N2O2S/c1-19(2,3)11-4-8-15(13(20)10-11)23-18-16(9-7-14(21)17(18)22)24-27(25,26)12-5-6-12/h4,7-10,12,23-24H,5-6H2,1-3H3. The minimum atomic E-state index is -3.63. The molecule has 0 amide bonds. The summed E-state index contributed by atoms with van der Waals surface area (Å²) in [4.78, 5) is 0. The topological polar surface area (TPSA) is 58.2 Å². The zero-order valence-corrected chi connectivity index (χ0v) is 16.8. The van der Waals surface area contributed by atoms with Crippen LogP contribution >= 0.6 is 11.6 Å². The largest absolute Gasteiger partial charge is 0.350 e. The summed E-state index contributed by atoms with van der Waals surface area (Å²) in [5, 5.41) is 2.57. The second-order valence-electron chi connectivity index (χ2n) is 7.70. The van der Waals surface area contributed by atoms with Gasteiger partial charge in [-0.25, -0.2) is 17.2 Å². The van der Waals surface area contributed by atoms with Gasteiger partial charge in [0.2, 0.25) is 10.0 Å². The summed E-state index contributed by atoms with van der Waals surface area (Å²) in [6, 6.07) is 7.31. The van der Waals surface area contributed by atoms with E-state index in [1.54, 1.807) is 12.1 Å². The van der Waals surface area contributed by atoms with E-state index < -0.39 is 26.9 Å². The molecule has 0 saturated heterocycles. The van der Waals surface area contributed by atoms with Gasteiger partial charge in [0.1, 0.15) is 5.69 Å². The van der Waals surface area contributed by atoms with Crippen LogP contribution in [-0.2, 0) is 15.4 Å². The molecule has 8 heteroatoms. The first-order chi connectivity index (χ1) is 12.5. The summed E-state index contributed by atoms with van der Waals surface area (Å²) in [7, 11) is -3.63. The molecule has 0 aromatic heterocycles. The fourth-order valence-corrected chi connectivity index (χ4v) is 4.22. The third-order valence-electron chi connectivity index (χ3n) is 4.41. The number of hydrogen-bond donors (Lipinski definition) is 2. The fourth-order valence-electron chi connectivity index (χ4n) is 2.59. The molecule has 0 spiro atoms. The van der Waals surface area contributed by atoms with Crippen LogP contribution in [0.1, 0.15) is 39.2 Å². The van der Waals surface area contributed by atoms with Crippen LogP contribution < -0.4 is 10.0 Å². The Balaban J connectivity index is 1.98. The monoisotopic (exact) mass is 414 g/mol. The lowest BCUT2D eigenvalue weighted by molar-refractivity contribution is 0.512. The van der Waals surface area contributed by atoms with Gasteiger partial charge in [-0.05, 0) is 48.1 Å². The van der Waals surface area contributed by atoms with Crippen molar-refractivity contribution in [2.75, 3.05) is 10.0 Å². The molecule has 3 rings (SSSR count). The van der Waals surface area contributed by atoms with Crippen LogP contribution in [0.5, 0.6) is 0 Å². The number of nitrogens with one attached hydrogen (secondary N) is 2. The van der Waals surface area contributed by atoms with Gasteiger partial charge >= 0.3 is 0 Å². The van der Waals surface area contributed by atoms with E-state index in [1.165, 1.54) is 6.07 Å². The van der Waals surface area contributed by atoms with Gasteiger partial charge in [0.25, 0.3) is 0 Å². The van der Waals surface area contributed by atoms with Gasteiger partial charge in [0, 0.05) is 0 Å². The summed E-state index contributed by atoms with van der Waals surface area (Å²) in [5.41, 5.74) is 0.840. The molecule has 2 aromatic rings. The maximum absolute atomic E-state index is 14.4. The smallest absolute Gasteiger partial charge is 0.235 e. The van der Waals surface area contributed by atoms with Crippen molar-refractivity contribution in [1.29, 1.82) is 0 Å². The molecular weight excluding hydrogens is 394 g/mol. The first kappa shape index (κ1) is 19.9. The molecule has 0 bridgehead atoms. The van der Waals surface area contributed by atoms with Crippen molar-refractivity contribution < 1.29 is 17.2 Å². The van der Waals surface area contributed by atoms with Gasteiger partial charge < -0.3 is 5.32 Å². The second kappa shape index (κ2) is 6.95. The first-order valence-corrected chi connectivity index (χ1v) is 10.5. The van der Waals surface area contributed by atoms with Gasteiger partial charge in [-0.3, -0.25) is 4.72 Å². The zero-order chi connectivity index (χ0) is 20.0. The van der Waals surface area contributed by atoms with E-state index in [0.29, 0.717) is 23.6 Å². The average Bonchev–Trinajstić information content (AvgIpc) is 3.40. The Kier molecular flexibility index (Phi) is 5.12. The molecular formula is C19H21ClF2N2O2S. The van der Waals surface area contributed by atoms with Crippen molar-refractivity contribution in [3.8, 4) is 0 Å². The molecule has 0 aliphatic heterocycles. The highest BCUT2D eigenvalue weighted by Crippen LogP contribution is 2.37. The van der Waals surface area contributed by atoms with Crippen molar-refractivity contribution in [2.45, 2.75) is 44.3 Å². The molecule has 2 aromatic carbocycles. The lowest BCUT2D eigenvalue weighted by atomic mass is 9.87. The number of halogens is 3. The molecule has 27 heavy (non-hydrogen) atoms. The Labute approximate surface area is 163 Å². The molecule has 146 valence electrons. The normalized spacial score (nSPS) is 14.9. The Bertz CT molecular complexity index is 984. The van der Waals surface area contributed by atoms with Gasteiger partial charge in [0.05, 0.1) is 21.6 Å². The summed E-state index contributed by atoms with van der Waals surface area (Å²) in [5.74, 6) is -2.27. The number of benzene rings is 2. The van der Waals surface area contributed by atoms with Crippen molar-refractivity contribution in [3.05, 3.63) is 52.6 Å². The summed E-state index contributed by atoms with van der Waals surface area (Å²) >= 11 is 6.31. The number of anilines is 3. The molecule has 1 aliphatic carbocycles. The maximum Gasteiger partial charge on any atom is 0.235 e. The van der Waals surface area contributed by atoms with Crippen molar-refractivity contribution in [3.63, 3.8) is 0 Å². The minimum absolute atomic E-state index is 0.0586. The van der Waals surface area contributed by atoms with Gasteiger partial charge in [-0.1, -0.05) is 38.4 Å². The van der Waals surface area contributed by atoms with E-state index >= 15 is 0 Å². The van der Waals surface area contributed by atoms with E-state index in [1.807, 2.05) is 26.8 Å². The first-order valence-electron chi connectivity index (χ1n) is 8.56. The van der Waals surface area contributed by atoms with Crippen LogP contribution in [0, 0.1) is 11.6 Å². The average molecular weight is 415 g/mol. The lowest BCUT2D eigenvalue weighted by Crippen LogP contribution is -2.18. The third kappa shape index (κ3) is 4.35. The van der Waals surface area contributed by atoms with Crippen LogP contribution in [0.15, 0.2) is 30.3 Å². The van der Waals surface area contributed by atoms with E-state index in [2.05, 4.69) is 10.0 Å². The lowest BCUT2D eigenvalue weighted by Gasteiger charge is -2.21. The van der Waals surface area contributed by atoms with Gasteiger partial charge in [-0.15, -0.1) is 0 Å². The Morgan fingerprint density at radius 2 is 1.70 bits per heavy atom. The highest BCUT2D eigenvalue weighted by Gasteiger charge is 2.36. The van der Waals surface area contributed by atoms with E-state index in [-0.39, 0.29) is 16.8 Å². The van der Waals surface area contributed by atoms with E-state index in [0.717, 1.165) is 11.6 Å². The number of sulfonamides is 1.